The van der Waals surface area contributed by atoms with E-state index in [2.05, 4.69) is 22.1 Å². The Labute approximate surface area is 152 Å². The number of amides is 1. The van der Waals surface area contributed by atoms with Crippen LogP contribution in [-0.2, 0) is 0 Å². The second-order valence-electron chi connectivity index (χ2n) is 6.03. The van der Waals surface area contributed by atoms with Gasteiger partial charge >= 0.3 is 0 Å². The molecule has 2 aromatic heterocycles. The third-order valence-corrected chi connectivity index (χ3v) is 4.42. The van der Waals surface area contributed by atoms with Crippen LogP contribution in [0.5, 0.6) is 5.75 Å². The molecule has 0 aliphatic rings. The van der Waals surface area contributed by atoms with Crippen molar-refractivity contribution < 1.29 is 9.53 Å². The summed E-state index contributed by atoms with van der Waals surface area (Å²) in [4.78, 5) is 18.8. The minimum absolute atomic E-state index is 0.0419. The van der Waals surface area contributed by atoms with E-state index in [9.17, 15) is 4.79 Å². The highest BCUT2D eigenvalue weighted by Gasteiger charge is 2.23. The Morgan fingerprint density at radius 2 is 2.12 bits per heavy atom. The predicted octanol–water partition coefficient (Wildman–Crippen LogP) is 3.70. The Hall–Kier alpha value is -3.15. The van der Waals surface area contributed by atoms with Gasteiger partial charge in [-0.3, -0.25) is 14.9 Å². The molecule has 0 radical (unpaired) electrons. The Morgan fingerprint density at radius 1 is 1.27 bits per heavy atom. The summed E-state index contributed by atoms with van der Waals surface area (Å²) in [6.45, 7) is 2.05. The number of rotatable bonds is 6. The Balaban J connectivity index is 1.82. The number of aromatic amines is 1. The molecule has 6 heteroatoms. The van der Waals surface area contributed by atoms with Crippen LogP contribution in [-0.4, -0.2) is 40.1 Å². The molecule has 3 rings (SSSR count). The minimum Gasteiger partial charge on any atom is -0.497 e. The van der Waals surface area contributed by atoms with Gasteiger partial charge in [-0.1, -0.05) is 25.1 Å². The predicted molar refractivity (Wildman–Crippen MR) is 99.9 cm³/mol. The zero-order valence-corrected chi connectivity index (χ0v) is 15.1. The number of aromatic nitrogens is 3. The van der Waals surface area contributed by atoms with Gasteiger partial charge in [0.25, 0.3) is 5.91 Å². The molecule has 0 aliphatic carbocycles. The van der Waals surface area contributed by atoms with E-state index >= 15 is 0 Å². The van der Waals surface area contributed by atoms with Crippen LogP contribution in [0.2, 0.25) is 0 Å². The summed E-state index contributed by atoms with van der Waals surface area (Å²) in [5.74, 6) is 0.639. The molecule has 0 aliphatic heterocycles. The lowest BCUT2D eigenvalue weighted by Gasteiger charge is -2.27. The van der Waals surface area contributed by atoms with Crippen LogP contribution in [0.15, 0.2) is 54.9 Å². The number of methoxy groups -OCH3 is 1. The number of nitrogens with one attached hydrogen (secondary N) is 1. The molecule has 3 aromatic rings. The zero-order valence-electron chi connectivity index (χ0n) is 15.1. The normalized spacial score (nSPS) is 11.8. The van der Waals surface area contributed by atoms with Crippen molar-refractivity contribution in [3.8, 4) is 17.0 Å². The first-order valence-electron chi connectivity index (χ1n) is 8.51. The van der Waals surface area contributed by atoms with E-state index in [1.54, 1.807) is 37.5 Å². The van der Waals surface area contributed by atoms with E-state index in [0.29, 0.717) is 11.4 Å². The standard InChI is InChI=1S/C20H22N4O2/c1-4-19(15-8-6-10-21-13-15)24(2)20(25)18-12-17(22-23-18)14-7-5-9-16(11-14)26-3/h5-13,19H,4H2,1-3H3,(H,22,23)/t19-/m1/s1. The van der Waals surface area contributed by atoms with Gasteiger partial charge < -0.3 is 9.64 Å². The molecule has 1 atom stereocenters. The van der Waals surface area contributed by atoms with Gasteiger partial charge in [0.05, 0.1) is 18.8 Å². The number of ether oxygens (including phenoxy) is 1. The zero-order chi connectivity index (χ0) is 18.5. The second-order valence-corrected chi connectivity index (χ2v) is 6.03. The van der Waals surface area contributed by atoms with E-state index in [1.807, 2.05) is 36.4 Å². The minimum atomic E-state index is -0.109. The van der Waals surface area contributed by atoms with Crippen molar-refractivity contribution in [1.82, 2.24) is 20.1 Å². The molecule has 1 N–H and O–H groups in total. The molecule has 0 bridgehead atoms. The highest BCUT2D eigenvalue weighted by atomic mass is 16.5. The lowest BCUT2D eigenvalue weighted by molar-refractivity contribution is 0.0720. The lowest BCUT2D eigenvalue weighted by Crippen LogP contribution is -2.31. The molecule has 1 aromatic carbocycles. The van der Waals surface area contributed by atoms with E-state index in [0.717, 1.165) is 23.3 Å². The Bertz CT molecular complexity index is 876. The fraction of sp³-hybridized carbons (Fsp3) is 0.250. The average molecular weight is 350 g/mol. The number of hydrogen-bond donors (Lipinski definition) is 1. The van der Waals surface area contributed by atoms with Crippen LogP contribution >= 0.6 is 0 Å². The van der Waals surface area contributed by atoms with Crippen LogP contribution in [0.3, 0.4) is 0 Å². The first-order valence-corrected chi connectivity index (χ1v) is 8.51. The van der Waals surface area contributed by atoms with E-state index in [4.69, 9.17) is 4.74 Å². The summed E-state index contributed by atoms with van der Waals surface area (Å²) >= 11 is 0. The van der Waals surface area contributed by atoms with Gasteiger partial charge in [0.2, 0.25) is 0 Å². The Morgan fingerprint density at radius 3 is 2.81 bits per heavy atom. The maximum atomic E-state index is 12.9. The molecular formula is C20H22N4O2. The quantitative estimate of drug-likeness (QED) is 0.736. The van der Waals surface area contributed by atoms with Crippen molar-refractivity contribution in [3.05, 3.63) is 66.1 Å². The first kappa shape index (κ1) is 17.7. The molecule has 0 spiro atoms. The van der Waals surface area contributed by atoms with Crippen LogP contribution in [0, 0.1) is 0 Å². The number of H-pyrrole nitrogens is 1. The van der Waals surface area contributed by atoms with Crippen molar-refractivity contribution in [2.75, 3.05) is 14.2 Å². The van der Waals surface area contributed by atoms with E-state index in [-0.39, 0.29) is 11.9 Å². The summed E-state index contributed by atoms with van der Waals surface area (Å²) in [6, 6.07) is 13.2. The molecule has 0 saturated heterocycles. The van der Waals surface area contributed by atoms with Crippen molar-refractivity contribution in [1.29, 1.82) is 0 Å². The topological polar surface area (TPSA) is 71.1 Å². The molecule has 0 saturated carbocycles. The molecule has 2 heterocycles. The van der Waals surface area contributed by atoms with Crippen LogP contribution in [0.4, 0.5) is 0 Å². The van der Waals surface area contributed by atoms with Gasteiger partial charge in [-0.05, 0) is 36.2 Å². The number of pyridine rings is 1. The lowest BCUT2D eigenvalue weighted by atomic mass is 10.0. The van der Waals surface area contributed by atoms with Gasteiger partial charge in [0.1, 0.15) is 11.4 Å². The average Bonchev–Trinajstić information content (AvgIpc) is 3.19. The maximum Gasteiger partial charge on any atom is 0.272 e. The van der Waals surface area contributed by atoms with Gasteiger partial charge in [-0.25, -0.2) is 0 Å². The first-order chi connectivity index (χ1) is 12.6. The van der Waals surface area contributed by atoms with Gasteiger partial charge in [-0.2, -0.15) is 5.10 Å². The number of nitrogens with zero attached hydrogens (tertiary/aromatic N) is 3. The summed E-state index contributed by atoms with van der Waals surface area (Å²) in [7, 11) is 3.42. The SMILES string of the molecule is CC[C@H](c1cccnc1)N(C)C(=O)c1cc(-c2cccc(OC)c2)n[nH]1. The summed E-state index contributed by atoms with van der Waals surface area (Å²) in [6.07, 6.45) is 4.32. The highest BCUT2D eigenvalue weighted by Crippen LogP contribution is 2.26. The van der Waals surface area contributed by atoms with E-state index in [1.165, 1.54) is 0 Å². The molecule has 0 unspecified atom stereocenters. The van der Waals surface area contributed by atoms with Crippen molar-refractivity contribution in [2.24, 2.45) is 0 Å². The summed E-state index contributed by atoms with van der Waals surface area (Å²) in [5.41, 5.74) is 3.06. The number of hydrogen-bond acceptors (Lipinski definition) is 4. The molecular weight excluding hydrogens is 328 g/mol. The molecule has 26 heavy (non-hydrogen) atoms. The fourth-order valence-corrected chi connectivity index (χ4v) is 3.00. The van der Waals surface area contributed by atoms with Gasteiger partial charge in [-0.15, -0.1) is 0 Å². The number of benzene rings is 1. The smallest absolute Gasteiger partial charge is 0.272 e. The highest BCUT2D eigenvalue weighted by molar-refractivity contribution is 5.93. The maximum absolute atomic E-state index is 12.9. The van der Waals surface area contributed by atoms with Gasteiger partial charge in [0, 0.05) is 25.0 Å². The summed E-state index contributed by atoms with van der Waals surface area (Å²) in [5, 5.41) is 7.14. The van der Waals surface area contributed by atoms with Crippen LogP contribution in [0.1, 0.15) is 35.4 Å². The van der Waals surface area contributed by atoms with Crippen molar-refractivity contribution in [2.45, 2.75) is 19.4 Å². The van der Waals surface area contributed by atoms with Crippen LogP contribution < -0.4 is 4.74 Å². The van der Waals surface area contributed by atoms with Gasteiger partial charge in [0.15, 0.2) is 0 Å². The number of carbonyl (C=O) groups excluding carboxylic acids is 1. The molecule has 1 amide bonds. The monoisotopic (exact) mass is 350 g/mol. The Kier molecular flexibility index (Phi) is 5.31. The molecule has 6 nitrogen and oxygen atoms in total. The third kappa shape index (κ3) is 3.59. The second kappa shape index (κ2) is 7.82. The molecule has 0 fully saturated rings. The number of carbonyl (C=O) groups is 1. The summed E-state index contributed by atoms with van der Waals surface area (Å²) < 4.78 is 5.24. The largest absolute Gasteiger partial charge is 0.497 e. The van der Waals surface area contributed by atoms with Crippen molar-refractivity contribution >= 4 is 5.91 Å². The fourth-order valence-electron chi connectivity index (χ4n) is 3.00. The van der Waals surface area contributed by atoms with Crippen LogP contribution in [0.25, 0.3) is 11.3 Å². The van der Waals surface area contributed by atoms with E-state index < -0.39 is 0 Å². The molecule has 134 valence electrons. The third-order valence-electron chi connectivity index (χ3n) is 4.42. The van der Waals surface area contributed by atoms with Crippen molar-refractivity contribution in [3.63, 3.8) is 0 Å².